The van der Waals surface area contributed by atoms with Gasteiger partial charge in [0.1, 0.15) is 11.5 Å². The molecule has 6 heteroatoms. The fourth-order valence-electron chi connectivity index (χ4n) is 2.25. The first-order valence-corrected chi connectivity index (χ1v) is 8.58. The first kappa shape index (κ1) is 17.1. The Balaban J connectivity index is 1.61. The summed E-state index contributed by atoms with van der Waals surface area (Å²) in [5, 5.41) is 6.00. The summed E-state index contributed by atoms with van der Waals surface area (Å²) in [7, 11) is 0. The van der Waals surface area contributed by atoms with Gasteiger partial charge in [0.2, 0.25) is 0 Å². The fourth-order valence-corrected chi connectivity index (χ4v) is 2.50. The number of halogens is 1. The Hall–Kier alpha value is -2.73. The lowest BCUT2D eigenvalue weighted by molar-refractivity contribution is 0.0945. The molecule has 3 rings (SSSR count). The molecule has 1 aromatic heterocycles. The summed E-state index contributed by atoms with van der Waals surface area (Å²) in [6, 6.07) is 15.6. The highest BCUT2D eigenvalue weighted by molar-refractivity contribution is 9.10. The van der Waals surface area contributed by atoms with Crippen LogP contribution >= 0.6 is 15.9 Å². The second kappa shape index (κ2) is 7.90. The van der Waals surface area contributed by atoms with Crippen molar-refractivity contribution in [3.8, 4) is 0 Å². The highest BCUT2D eigenvalue weighted by atomic mass is 79.9. The number of aryl methyl sites for hydroxylation is 1. The van der Waals surface area contributed by atoms with Gasteiger partial charge in [0.05, 0.1) is 12.4 Å². The monoisotopic (exact) mass is 396 g/mol. The smallest absolute Gasteiger partial charge is 0.271 e. The zero-order chi connectivity index (χ0) is 17.6. The molecule has 1 amide bonds. The normalized spacial score (nSPS) is 10.3. The average Bonchev–Trinajstić information content (AvgIpc) is 2.64. The summed E-state index contributed by atoms with van der Waals surface area (Å²) >= 11 is 3.47. The molecule has 3 aromatic rings. The molecule has 0 aliphatic heterocycles. The molecule has 25 heavy (non-hydrogen) atoms. The number of carbonyl (C=O) groups excluding carboxylic acids is 1. The largest absolute Gasteiger partial charge is 0.347 e. The van der Waals surface area contributed by atoms with Crippen molar-refractivity contribution in [3.05, 3.63) is 82.2 Å². The van der Waals surface area contributed by atoms with Crippen LogP contribution in [0.5, 0.6) is 0 Å². The van der Waals surface area contributed by atoms with Gasteiger partial charge in [-0.25, -0.2) is 9.97 Å². The number of rotatable bonds is 5. The van der Waals surface area contributed by atoms with E-state index in [0.717, 1.165) is 21.3 Å². The highest BCUT2D eigenvalue weighted by Gasteiger charge is 2.08. The van der Waals surface area contributed by atoms with Crippen LogP contribution in [-0.4, -0.2) is 15.9 Å². The molecule has 0 saturated heterocycles. The second-order valence-corrected chi connectivity index (χ2v) is 6.40. The SMILES string of the molecule is Cc1cc(Nc2cnc(C(=O)NCc3ccccc3)cn2)ccc1Br. The number of nitrogens with one attached hydrogen (secondary N) is 2. The molecule has 0 atom stereocenters. The Kier molecular flexibility index (Phi) is 5.40. The fraction of sp³-hybridized carbons (Fsp3) is 0.105. The topological polar surface area (TPSA) is 66.9 Å². The predicted octanol–water partition coefficient (Wildman–Crippen LogP) is 4.22. The molecule has 2 aromatic carbocycles. The maximum absolute atomic E-state index is 12.1. The molecular weight excluding hydrogens is 380 g/mol. The van der Waals surface area contributed by atoms with Gasteiger partial charge in [0, 0.05) is 16.7 Å². The van der Waals surface area contributed by atoms with Crippen molar-refractivity contribution in [2.45, 2.75) is 13.5 Å². The molecule has 0 bridgehead atoms. The van der Waals surface area contributed by atoms with E-state index in [2.05, 4.69) is 36.5 Å². The Labute approximate surface area is 154 Å². The molecule has 5 nitrogen and oxygen atoms in total. The van der Waals surface area contributed by atoms with Gasteiger partial charge in [-0.15, -0.1) is 0 Å². The van der Waals surface area contributed by atoms with E-state index in [0.29, 0.717) is 12.4 Å². The standard InChI is InChI=1S/C19H17BrN4O/c1-13-9-15(7-8-16(13)20)24-18-12-21-17(11-22-18)19(25)23-10-14-5-3-2-4-6-14/h2-9,11-12H,10H2,1H3,(H,22,24)(H,23,25). The van der Waals surface area contributed by atoms with Crippen LogP contribution in [0.15, 0.2) is 65.4 Å². The van der Waals surface area contributed by atoms with Crippen LogP contribution in [0, 0.1) is 6.92 Å². The van der Waals surface area contributed by atoms with Gasteiger partial charge in [0.25, 0.3) is 5.91 Å². The minimum atomic E-state index is -0.248. The molecule has 1 heterocycles. The van der Waals surface area contributed by atoms with Crippen molar-refractivity contribution in [2.75, 3.05) is 5.32 Å². The van der Waals surface area contributed by atoms with Crippen LogP contribution in [0.2, 0.25) is 0 Å². The quantitative estimate of drug-likeness (QED) is 0.677. The van der Waals surface area contributed by atoms with Gasteiger partial charge < -0.3 is 10.6 Å². The van der Waals surface area contributed by atoms with Crippen LogP contribution in [0.3, 0.4) is 0 Å². The maximum atomic E-state index is 12.1. The first-order valence-electron chi connectivity index (χ1n) is 7.79. The number of amides is 1. The van der Waals surface area contributed by atoms with Crippen LogP contribution in [-0.2, 0) is 6.54 Å². The first-order chi connectivity index (χ1) is 12.1. The molecule has 0 saturated carbocycles. The summed E-state index contributed by atoms with van der Waals surface area (Å²) in [6.45, 7) is 2.47. The van der Waals surface area contributed by atoms with Gasteiger partial charge in [-0.05, 0) is 36.2 Å². The minimum absolute atomic E-state index is 0.248. The zero-order valence-electron chi connectivity index (χ0n) is 13.7. The van der Waals surface area contributed by atoms with E-state index < -0.39 is 0 Å². The lowest BCUT2D eigenvalue weighted by atomic mass is 10.2. The molecule has 0 radical (unpaired) electrons. The van der Waals surface area contributed by atoms with E-state index in [1.165, 1.54) is 6.20 Å². The van der Waals surface area contributed by atoms with Crippen molar-refractivity contribution in [2.24, 2.45) is 0 Å². The molecule has 0 aliphatic rings. The van der Waals surface area contributed by atoms with E-state index in [9.17, 15) is 4.79 Å². The summed E-state index contributed by atoms with van der Waals surface area (Å²) < 4.78 is 1.05. The number of hydrogen-bond acceptors (Lipinski definition) is 4. The van der Waals surface area contributed by atoms with Crippen LogP contribution in [0.25, 0.3) is 0 Å². The molecule has 0 unspecified atom stereocenters. The lowest BCUT2D eigenvalue weighted by Crippen LogP contribution is -2.24. The van der Waals surface area contributed by atoms with Crippen molar-refractivity contribution in [3.63, 3.8) is 0 Å². The zero-order valence-corrected chi connectivity index (χ0v) is 15.2. The lowest BCUT2D eigenvalue weighted by Gasteiger charge is -2.08. The molecule has 0 spiro atoms. The summed E-state index contributed by atoms with van der Waals surface area (Å²) in [5.41, 5.74) is 3.35. The summed E-state index contributed by atoms with van der Waals surface area (Å²) in [5.74, 6) is 0.337. The highest BCUT2D eigenvalue weighted by Crippen LogP contribution is 2.22. The number of carbonyl (C=O) groups is 1. The van der Waals surface area contributed by atoms with Gasteiger partial charge >= 0.3 is 0 Å². The van der Waals surface area contributed by atoms with Gasteiger partial charge in [-0.2, -0.15) is 0 Å². The van der Waals surface area contributed by atoms with Crippen molar-refractivity contribution in [1.82, 2.24) is 15.3 Å². The van der Waals surface area contributed by atoms with Crippen LogP contribution < -0.4 is 10.6 Å². The van der Waals surface area contributed by atoms with E-state index in [-0.39, 0.29) is 11.6 Å². The Morgan fingerprint density at radius 2 is 1.88 bits per heavy atom. The Bertz CT molecular complexity index is 866. The van der Waals surface area contributed by atoms with Gasteiger partial charge in [-0.1, -0.05) is 46.3 Å². The number of benzene rings is 2. The van der Waals surface area contributed by atoms with Gasteiger partial charge in [0.15, 0.2) is 0 Å². The molecule has 0 aliphatic carbocycles. The molecule has 0 fully saturated rings. The van der Waals surface area contributed by atoms with E-state index in [4.69, 9.17) is 0 Å². The van der Waals surface area contributed by atoms with Crippen molar-refractivity contribution in [1.29, 1.82) is 0 Å². The summed E-state index contributed by atoms with van der Waals surface area (Å²) in [6.07, 6.45) is 3.02. The molecule has 126 valence electrons. The predicted molar refractivity (Wildman–Crippen MR) is 102 cm³/mol. The van der Waals surface area contributed by atoms with E-state index in [1.54, 1.807) is 6.20 Å². The second-order valence-electron chi connectivity index (χ2n) is 5.54. The van der Waals surface area contributed by atoms with Gasteiger partial charge in [-0.3, -0.25) is 4.79 Å². The van der Waals surface area contributed by atoms with E-state index in [1.807, 2.05) is 55.5 Å². The average molecular weight is 397 g/mol. The Morgan fingerprint density at radius 3 is 2.56 bits per heavy atom. The number of hydrogen-bond donors (Lipinski definition) is 2. The molecular formula is C19H17BrN4O. The van der Waals surface area contributed by atoms with E-state index >= 15 is 0 Å². The third-order valence-electron chi connectivity index (χ3n) is 3.61. The number of nitrogens with zero attached hydrogens (tertiary/aromatic N) is 2. The third-order valence-corrected chi connectivity index (χ3v) is 4.50. The molecule has 2 N–H and O–H groups in total. The van der Waals surface area contributed by atoms with Crippen LogP contribution in [0.4, 0.5) is 11.5 Å². The third kappa shape index (κ3) is 4.64. The van der Waals surface area contributed by atoms with Crippen molar-refractivity contribution < 1.29 is 4.79 Å². The minimum Gasteiger partial charge on any atom is -0.347 e. The number of anilines is 2. The van der Waals surface area contributed by atoms with Crippen molar-refractivity contribution >= 4 is 33.3 Å². The number of aromatic nitrogens is 2. The Morgan fingerprint density at radius 1 is 1.08 bits per heavy atom. The van der Waals surface area contributed by atoms with Crippen LogP contribution in [0.1, 0.15) is 21.6 Å². The maximum Gasteiger partial charge on any atom is 0.271 e. The summed E-state index contributed by atoms with van der Waals surface area (Å²) in [4.78, 5) is 20.6.